The first-order valence-corrected chi connectivity index (χ1v) is 11.5. The first-order valence-electron chi connectivity index (χ1n) is 9.80. The Balaban J connectivity index is 2.77. The van der Waals surface area contributed by atoms with E-state index >= 15 is 0 Å². The largest absolute Gasteiger partial charge is 0.416 e. The van der Waals surface area contributed by atoms with E-state index < -0.39 is 37.3 Å². The van der Waals surface area contributed by atoms with Crippen molar-refractivity contribution >= 4 is 25.2 Å². The van der Waals surface area contributed by atoms with Gasteiger partial charge in [0.25, 0.3) is 0 Å². The van der Waals surface area contributed by atoms with Crippen molar-refractivity contribution in [3.05, 3.63) is 29.8 Å². The zero-order chi connectivity index (χ0) is 23.7. The highest BCUT2D eigenvalue weighted by atomic mass is 31.2. The molecule has 31 heavy (non-hydrogen) atoms. The Morgan fingerprint density at radius 3 is 2.06 bits per heavy atom. The number of hydrogen-bond acceptors (Lipinski definition) is 5. The van der Waals surface area contributed by atoms with Gasteiger partial charge in [-0.2, -0.15) is 13.2 Å². The Bertz CT molecular complexity index is 762. The Hall–Kier alpha value is -2.10. The molecular weight excluding hydrogens is 438 g/mol. The first kappa shape index (κ1) is 26.9. The van der Waals surface area contributed by atoms with E-state index in [0.717, 1.165) is 24.3 Å². The molecule has 3 amide bonds. The van der Waals surface area contributed by atoms with Crippen molar-refractivity contribution in [1.29, 1.82) is 0 Å². The van der Waals surface area contributed by atoms with Crippen LogP contribution in [0, 0.1) is 5.92 Å². The molecule has 0 radical (unpaired) electrons. The third-order valence-corrected chi connectivity index (χ3v) is 5.75. The zero-order valence-electron chi connectivity index (χ0n) is 17.9. The maximum Gasteiger partial charge on any atom is 0.416 e. The summed E-state index contributed by atoms with van der Waals surface area (Å²) in [6, 6.07) is 2.17. The van der Waals surface area contributed by atoms with Crippen molar-refractivity contribution in [2.75, 3.05) is 24.8 Å². The maximum atomic E-state index is 12.6. The number of amides is 3. The highest BCUT2D eigenvalue weighted by molar-refractivity contribution is 7.53. The second-order valence-electron chi connectivity index (χ2n) is 7.00. The molecule has 1 rings (SSSR count). The van der Waals surface area contributed by atoms with Gasteiger partial charge in [-0.1, -0.05) is 13.8 Å². The fourth-order valence-corrected chi connectivity index (χ4v) is 3.98. The number of rotatable bonds is 11. The fourth-order valence-electron chi connectivity index (χ4n) is 2.59. The van der Waals surface area contributed by atoms with Gasteiger partial charge in [-0.25, -0.2) is 4.79 Å². The van der Waals surface area contributed by atoms with Crippen LogP contribution in [0.1, 0.15) is 39.7 Å². The fraction of sp³-hybridized carbons (Fsp3) is 0.579. The second kappa shape index (κ2) is 12.1. The van der Waals surface area contributed by atoms with Crippen LogP contribution in [0.15, 0.2) is 24.3 Å². The Labute approximate surface area is 179 Å². The van der Waals surface area contributed by atoms with E-state index in [4.69, 9.17) is 9.05 Å². The van der Waals surface area contributed by atoms with Gasteiger partial charge in [-0.15, -0.1) is 0 Å². The average Bonchev–Trinajstić information content (AvgIpc) is 2.65. The number of alkyl halides is 3. The van der Waals surface area contributed by atoms with Crippen molar-refractivity contribution < 1.29 is 36.4 Å². The number of hydrogen-bond donors (Lipinski definition) is 3. The summed E-state index contributed by atoms with van der Waals surface area (Å²) in [5, 5.41) is 7.35. The molecule has 0 aliphatic carbocycles. The predicted octanol–water partition coefficient (Wildman–Crippen LogP) is 4.58. The molecule has 0 bridgehead atoms. The lowest BCUT2D eigenvalue weighted by atomic mass is 10.0. The number of urea groups is 1. The number of halogens is 3. The SMILES string of the molecule is CCOP(=O)(CNC(=O)C(CC(C)C)NC(=O)Nc1ccc(C(F)(F)F)cc1)OCC. The lowest BCUT2D eigenvalue weighted by molar-refractivity contribution is -0.137. The zero-order valence-corrected chi connectivity index (χ0v) is 18.8. The van der Waals surface area contributed by atoms with Gasteiger partial charge in [0.15, 0.2) is 0 Å². The smallest absolute Gasteiger partial charge is 0.343 e. The van der Waals surface area contributed by atoms with Crippen LogP contribution >= 0.6 is 7.60 Å². The summed E-state index contributed by atoms with van der Waals surface area (Å²) in [7, 11) is -3.51. The minimum atomic E-state index is -4.48. The summed E-state index contributed by atoms with van der Waals surface area (Å²) >= 11 is 0. The number of carbonyl (C=O) groups is 2. The van der Waals surface area contributed by atoms with Crippen molar-refractivity contribution in [3.8, 4) is 0 Å². The summed E-state index contributed by atoms with van der Waals surface area (Å²) < 4.78 is 60.6. The van der Waals surface area contributed by atoms with Gasteiger partial charge < -0.3 is 25.0 Å². The van der Waals surface area contributed by atoms with Crippen LogP contribution in [0.25, 0.3) is 0 Å². The van der Waals surface area contributed by atoms with Crippen molar-refractivity contribution in [1.82, 2.24) is 10.6 Å². The van der Waals surface area contributed by atoms with Crippen molar-refractivity contribution in [3.63, 3.8) is 0 Å². The van der Waals surface area contributed by atoms with E-state index in [1.807, 2.05) is 13.8 Å². The van der Waals surface area contributed by atoms with Gasteiger partial charge >= 0.3 is 19.8 Å². The van der Waals surface area contributed by atoms with Crippen LogP contribution in [0.3, 0.4) is 0 Å². The molecule has 0 fully saturated rings. The molecule has 8 nitrogen and oxygen atoms in total. The first-order chi connectivity index (χ1) is 14.4. The average molecular weight is 467 g/mol. The van der Waals surface area contributed by atoms with E-state index in [9.17, 15) is 27.3 Å². The Kier molecular flexibility index (Phi) is 10.5. The third-order valence-electron chi connectivity index (χ3n) is 3.90. The predicted molar refractivity (Wildman–Crippen MR) is 111 cm³/mol. The topological polar surface area (TPSA) is 106 Å². The second-order valence-corrected chi connectivity index (χ2v) is 9.06. The van der Waals surface area contributed by atoms with E-state index in [2.05, 4.69) is 16.0 Å². The molecule has 1 aromatic rings. The molecule has 1 aromatic carbocycles. The quantitative estimate of drug-likeness (QED) is 0.413. The maximum absolute atomic E-state index is 12.6. The van der Waals surface area contributed by atoms with E-state index in [1.165, 1.54) is 0 Å². The van der Waals surface area contributed by atoms with Crippen LogP contribution in [-0.2, 0) is 24.6 Å². The van der Waals surface area contributed by atoms with Crippen LogP contribution in [0.5, 0.6) is 0 Å². The summed E-state index contributed by atoms with van der Waals surface area (Å²) in [4.78, 5) is 24.8. The van der Waals surface area contributed by atoms with Gasteiger partial charge in [0.1, 0.15) is 12.3 Å². The summed E-state index contributed by atoms with van der Waals surface area (Å²) in [5.41, 5.74) is -0.713. The molecule has 0 saturated carbocycles. The van der Waals surface area contributed by atoms with Gasteiger partial charge in [0.05, 0.1) is 18.8 Å². The minimum absolute atomic E-state index is 0.0349. The van der Waals surface area contributed by atoms with Crippen LogP contribution in [0.2, 0.25) is 0 Å². The standard InChI is InChI=1S/C19H29F3N3O5P/c1-5-29-31(28,30-6-2)12-23-17(26)16(11-13(3)4)25-18(27)24-15-9-7-14(8-10-15)19(20,21)22/h7-10,13,16H,5-6,11-12H2,1-4H3,(H,23,26)(H2,24,25,27). The number of benzene rings is 1. The summed E-state index contributed by atoms with van der Waals surface area (Å²) in [5.74, 6) is -0.552. The number of carbonyl (C=O) groups excluding carboxylic acids is 2. The monoisotopic (exact) mass is 467 g/mol. The number of anilines is 1. The molecule has 1 unspecified atom stereocenters. The van der Waals surface area contributed by atoms with Crippen LogP contribution in [0.4, 0.5) is 23.7 Å². The lowest BCUT2D eigenvalue weighted by Gasteiger charge is -2.22. The van der Waals surface area contributed by atoms with Crippen LogP contribution < -0.4 is 16.0 Å². The normalized spacial score (nSPS) is 13.0. The highest BCUT2D eigenvalue weighted by Crippen LogP contribution is 2.46. The van der Waals surface area contributed by atoms with Crippen molar-refractivity contribution in [2.45, 2.75) is 46.3 Å². The lowest BCUT2D eigenvalue weighted by Crippen LogP contribution is -2.49. The van der Waals surface area contributed by atoms with Gasteiger partial charge in [0.2, 0.25) is 5.91 Å². The molecule has 0 heterocycles. The van der Waals surface area contributed by atoms with Gasteiger partial charge in [-0.05, 0) is 50.5 Å². The summed E-state index contributed by atoms with van der Waals surface area (Å²) in [6.07, 6.45) is -4.56. The third kappa shape index (κ3) is 9.71. The molecule has 1 atom stereocenters. The highest BCUT2D eigenvalue weighted by Gasteiger charge is 2.30. The summed E-state index contributed by atoms with van der Waals surface area (Å²) in [6.45, 7) is 7.25. The Morgan fingerprint density at radius 2 is 1.61 bits per heavy atom. The van der Waals surface area contributed by atoms with E-state index in [0.29, 0.717) is 0 Å². The molecular formula is C19H29F3N3O5P. The molecule has 0 spiro atoms. The van der Waals surface area contributed by atoms with E-state index in [1.54, 1.807) is 13.8 Å². The molecule has 12 heteroatoms. The minimum Gasteiger partial charge on any atom is -0.343 e. The Morgan fingerprint density at radius 1 is 1.06 bits per heavy atom. The molecule has 0 aliphatic rings. The van der Waals surface area contributed by atoms with Crippen molar-refractivity contribution in [2.24, 2.45) is 5.92 Å². The molecule has 0 aliphatic heterocycles. The van der Waals surface area contributed by atoms with Gasteiger partial charge in [0, 0.05) is 5.69 Å². The van der Waals surface area contributed by atoms with Gasteiger partial charge in [-0.3, -0.25) is 9.36 Å². The van der Waals surface area contributed by atoms with E-state index in [-0.39, 0.29) is 37.5 Å². The molecule has 0 saturated heterocycles. The molecule has 176 valence electrons. The molecule has 3 N–H and O–H groups in total. The van der Waals surface area contributed by atoms with Crippen LogP contribution in [-0.4, -0.2) is 37.5 Å². The molecule has 0 aromatic heterocycles. The number of nitrogens with one attached hydrogen (secondary N) is 3.